The highest BCUT2D eigenvalue weighted by atomic mass is 16.3. The Labute approximate surface area is 93.2 Å². The lowest BCUT2D eigenvalue weighted by molar-refractivity contribution is 0.104. The summed E-state index contributed by atoms with van der Waals surface area (Å²) < 4.78 is 0. The molecule has 0 aromatic heterocycles. The number of rotatable bonds is 0. The van der Waals surface area contributed by atoms with Gasteiger partial charge in [-0.15, -0.1) is 0 Å². The van der Waals surface area contributed by atoms with Crippen molar-refractivity contribution >= 4 is 5.78 Å². The normalized spacial score (nSPS) is 12.4. The summed E-state index contributed by atoms with van der Waals surface area (Å²) in [6, 6.07) is 11.0. The van der Waals surface area contributed by atoms with E-state index in [2.05, 4.69) is 0 Å². The molecule has 0 spiro atoms. The van der Waals surface area contributed by atoms with Crippen LogP contribution in [0.2, 0.25) is 0 Å². The summed E-state index contributed by atoms with van der Waals surface area (Å²) >= 11 is 0. The van der Waals surface area contributed by atoms with E-state index >= 15 is 0 Å². The fraction of sp³-hybridized carbons (Fsp3) is 0.0714. The largest absolute Gasteiger partial charge is 0.507 e. The van der Waals surface area contributed by atoms with Crippen LogP contribution in [0.3, 0.4) is 0 Å². The summed E-state index contributed by atoms with van der Waals surface area (Å²) in [7, 11) is 0. The zero-order valence-corrected chi connectivity index (χ0v) is 8.82. The number of phenolic OH excluding ortho intramolecular Hbond substituents is 1. The molecule has 78 valence electrons. The van der Waals surface area contributed by atoms with Crippen LogP contribution in [0.4, 0.5) is 0 Å². The van der Waals surface area contributed by atoms with Crippen LogP contribution in [0, 0.1) is 6.92 Å². The van der Waals surface area contributed by atoms with Gasteiger partial charge in [0.25, 0.3) is 0 Å². The summed E-state index contributed by atoms with van der Waals surface area (Å²) in [6.45, 7) is 1.91. The average Bonchev–Trinajstić information content (AvgIpc) is 2.54. The Morgan fingerprint density at radius 1 is 1.00 bits per heavy atom. The van der Waals surface area contributed by atoms with Gasteiger partial charge in [-0.1, -0.05) is 30.3 Å². The molecule has 0 radical (unpaired) electrons. The van der Waals surface area contributed by atoms with Crippen molar-refractivity contribution in [3.8, 4) is 16.9 Å². The van der Waals surface area contributed by atoms with Crippen molar-refractivity contribution in [3.63, 3.8) is 0 Å². The van der Waals surface area contributed by atoms with Gasteiger partial charge in [0, 0.05) is 5.56 Å². The molecule has 2 aromatic rings. The maximum Gasteiger partial charge on any atom is 0.197 e. The topological polar surface area (TPSA) is 37.3 Å². The number of aromatic hydroxyl groups is 1. The number of phenols is 1. The maximum absolute atomic E-state index is 12.1. The molecule has 0 aliphatic heterocycles. The highest BCUT2D eigenvalue weighted by molar-refractivity contribution is 6.23. The quantitative estimate of drug-likeness (QED) is 0.619. The average molecular weight is 210 g/mol. The number of ketones is 1. The molecule has 0 amide bonds. The van der Waals surface area contributed by atoms with E-state index in [0.717, 1.165) is 16.7 Å². The van der Waals surface area contributed by atoms with Crippen molar-refractivity contribution in [1.82, 2.24) is 0 Å². The van der Waals surface area contributed by atoms with Crippen molar-refractivity contribution in [1.29, 1.82) is 0 Å². The van der Waals surface area contributed by atoms with E-state index in [-0.39, 0.29) is 11.5 Å². The number of hydrogen-bond acceptors (Lipinski definition) is 2. The van der Waals surface area contributed by atoms with Crippen LogP contribution in [0.25, 0.3) is 11.1 Å². The maximum atomic E-state index is 12.1. The van der Waals surface area contributed by atoms with E-state index in [4.69, 9.17) is 0 Å². The molecule has 2 nitrogen and oxygen atoms in total. The molecule has 0 fully saturated rings. The molecule has 1 aliphatic carbocycles. The molecule has 0 saturated carbocycles. The van der Waals surface area contributed by atoms with Gasteiger partial charge in [-0.05, 0) is 29.7 Å². The van der Waals surface area contributed by atoms with Gasteiger partial charge in [0.15, 0.2) is 5.78 Å². The van der Waals surface area contributed by atoms with Gasteiger partial charge < -0.3 is 5.11 Å². The van der Waals surface area contributed by atoms with E-state index in [1.807, 2.05) is 31.2 Å². The second-order valence-electron chi connectivity index (χ2n) is 4.08. The summed E-state index contributed by atoms with van der Waals surface area (Å²) in [5, 5.41) is 9.83. The highest BCUT2D eigenvalue weighted by Gasteiger charge is 2.29. The van der Waals surface area contributed by atoms with Crippen LogP contribution in [0.5, 0.6) is 5.75 Å². The third-order valence-electron chi connectivity index (χ3n) is 2.95. The molecule has 1 aliphatic rings. The standard InChI is InChI=1S/C14H10O2/c1-8-6-11-9-4-2-3-5-10(9)14(16)13(11)12(15)7-8/h2-7,15H,1H3. The van der Waals surface area contributed by atoms with Gasteiger partial charge in [0.05, 0.1) is 5.56 Å². The Balaban J connectivity index is 2.42. The van der Waals surface area contributed by atoms with Crippen LogP contribution in [-0.2, 0) is 0 Å². The first-order valence-electron chi connectivity index (χ1n) is 5.16. The minimum Gasteiger partial charge on any atom is -0.507 e. The number of carbonyl (C=O) groups excluding carboxylic acids is 1. The molecule has 2 aromatic carbocycles. The van der Waals surface area contributed by atoms with Crippen LogP contribution in [0.1, 0.15) is 21.5 Å². The van der Waals surface area contributed by atoms with Gasteiger partial charge in [0.1, 0.15) is 5.75 Å². The van der Waals surface area contributed by atoms with Crippen molar-refractivity contribution in [2.24, 2.45) is 0 Å². The fourth-order valence-electron chi connectivity index (χ4n) is 2.27. The lowest BCUT2D eigenvalue weighted by atomic mass is 10.0. The highest BCUT2D eigenvalue weighted by Crippen LogP contribution is 2.41. The molecule has 0 saturated heterocycles. The first-order chi connectivity index (χ1) is 7.68. The molecular formula is C14H10O2. The van der Waals surface area contributed by atoms with E-state index < -0.39 is 0 Å². The Hall–Kier alpha value is -2.09. The monoisotopic (exact) mass is 210 g/mol. The van der Waals surface area contributed by atoms with Gasteiger partial charge >= 0.3 is 0 Å². The zero-order chi connectivity index (χ0) is 11.3. The minimum atomic E-state index is -0.0805. The first-order valence-corrected chi connectivity index (χ1v) is 5.16. The molecule has 16 heavy (non-hydrogen) atoms. The molecule has 0 atom stereocenters. The number of carbonyl (C=O) groups is 1. The molecule has 0 bridgehead atoms. The van der Waals surface area contributed by atoms with Crippen molar-refractivity contribution in [3.05, 3.63) is 53.1 Å². The number of aryl methyl sites for hydroxylation is 1. The predicted octanol–water partition coefficient (Wildman–Crippen LogP) is 2.91. The molecular weight excluding hydrogens is 200 g/mol. The van der Waals surface area contributed by atoms with Crippen LogP contribution < -0.4 is 0 Å². The lowest BCUT2D eigenvalue weighted by Crippen LogP contribution is -1.95. The van der Waals surface area contributed by atoms with Crippen molar-refractivity contribution < 1.29 is 9.90 Å². The summed E-state index contributed by atoms with van der Waals surface area (Å²) in [4.78, 5) is 12.1. The second-order valence-corrected chi connectivity index (χ2v) is 4.08. The van der Waals surface area contributed by atoms with Crippen molar-refractivity contribution in [2.75, 3.05) is 0 Å². The Morgan fingerprint density at radius 2 is 1.69 bits per heavy atom. The SMILES string of the molecule is Cc1cc(O)c2c(c1)-c1ccccc1C2=O. The van der Waals surface area contributed by atoms with E-state index in [0.29, 0.717) is 11.1 Å². The Kier molecular flexibility index (Phi) is 1.69. The number of fused-ring (bicyclic) bond motifs is 3. The van der Waals surface area contributed by atoms with Crippen molar-refractivity contribution in [2.45, 2.75) is 6.92 Å². The molecule has 3 rings (SSSR count). The smallest absolute Gasteiger partial charge is 0.197 e. The number of benzene rings is 2. The molecule has 0 heterocycles. The summed E-state index contributed by atoms with van der Waals surface area (Å²) in [5.74, 6) is -0.000648. The molecule has 2 heteroatoms. The van der Waals surface area contributed by atoms with Gasteiger partial charge in [-0.2, -0.15) is 0 Å². The second kappa shape index (κ2) is 2.95. The Morgan fingerprint density at radius 3 is 2.44 bits per heavy atom. The molecule has 1 N–H and O–H groups in total. The fourth-order valence-corrected chi connectivity index (χ4v) is 2.27. The van der Waals surface area contributed by atoms with Crippen LogP contribution in [-0.4, -0.2) is 10.9 Å². The molecule has 0 unspecified atom stereocenters. The first kappa shape index (κ1) is 9.16. The Bertz CT molecular complexity index is 612. The zero-order valence-electron chi connectivity index (χ0n) is 8.82. The van der Waals surface area contributed by atoms with Gasteiger partial charge in [0.2, 0.25) is 0 Å². The summed E-state index contributed by atoms with van der Waals surface area (Å²) in [6.07, 6.45) is 0. The van der Waals surface area contributed by atoms with E-state index in [9.17, 15) is 9.90 Å². The lowest BCUT2D eigenvalue weighted by Gasteiger charge is -2.03. The van der Waals surface area contributed by atoms with Crippen LogP contribution in [0.15, 0.2) is 36.4 Å². The third-order valence-corrected chi connectivity index (χ3v) is 2.95. The third kappa shape index (κ3) is 1.04. The minimum absolute atomic E-state index is 0.0798. The van der Waals surface area contributed by atoms with E-state index in [1.165, 1.54) is 0 Å². The van der Waals surface area contributed by atoms with Crippen LogP contribution >= 0.6 is 0 Å². The number of hydrogen-bond donors (Lipinski definition) is 1. The predicted molar refractivity (Wildman–Crippen MR) is 61.7 cm³/mol. The van der Waals surface area contributed by atoms with Gasteiger partial charge in [-0.3, -0.25) is 4.79 Å². The van der Waals surface area contributed by atoms with Gasteiger partial charge in [-0.25, -0.2) is 0 Å². The summed E-state index contributed by atoms with van der Waals surface area (Å²) in [5.41, 5.74) is 3.84. The van der Waals surface area contributed by atoms with E-state index in [1.54, 1.807) is 12.1 Å².